The highest BCUT2D eigenvalue weighted by Crippen LogP contribution is 2.17. The predicted octanol–water partition coefficient (Wildman–Crippen LogP) is 1.49. The number of phenols is 1. The molecule has 6 nitrogen and oxygen atoms in total. The Balaban J connectivity index is 0.00000225. The molecule has 0 radical (unpaired) electrons. The van der Waals surface area contributed by atoms with Crippen LogP contribution < -0.4 is 5.32 Å². The van der Waals surface area contributed by atoms with Crippen LogP contribution >= 0.6 is 12.4 Å². The Kier molecular flexibility index (Phi) is 7.08. The van der Waals surface area contributed by atoms with Crippen molar-refractivity contribution >= 4 is 24.2 Å². The molecular weight excluding hydrogens is 342 g/mol. The van der Waals surface area contributed by atoms with E-state index in [1.165, 1.54) is 12.5 Å². The first-order valence-corrected chi connectivity index (χ1v) is 8.70. The molecule has 3 rings (SSSR count). The molecule has 2 N–H and O–H groups in total. The number of hydrogen-bond acceptors (Lipinski definition) is 4. The number of halogens is 1. The minimum atomic E-state index is -0.0879. The first-order valence-electron chi connectivity index (χ1n) is 8.70. The van der Waals surface area contributed by atoms with Gasteiger partial charge < -0.3 is 20.2 Å². The number of piperazine rings is 1. The van der Waals surface area contributed by atoms with Gasteiger partial charge in [-0.25, -0.2) is 0 Å². The van der Waals surface area contributed by atoms with Gasteiger partial charge in [-0.15, -0.1) is 12.4 Å². The van der Waals surface area contributed by atoms with E-state index in [4.69, 9.17) is 0 Å². The lowest BCUT2D eigenvalue weighted by Gasteiger charge is -2.35. The molecule has 0 bridgehead atoms. The summed E-state index contributed by atoms with van der Waals surface area (Å²) in [5, 5.41) is 12.8. The first kappa shape index (κ1) is 19.5. The Hall–Kier alpha value is -1.79. The molecule has 1 unspecified atom stereocenters. The fourth-order valence-electron chi connectivity index (χ4n) is 3.43. The Bertz CT molecular complexity index is 597. The van der Waals surface area contributed by atoms with Crippen molar-refractivity contribution in [3.63, 3.8) is 0 Å². The summed E-state index contributed by atoms with van der Waals surface area (Å²) in [6.07, 6.45) is 2.72. The van der Waals surface area contributed by atoms with Crippen LogP contribution in [0, 0.1) is 5.92 Å². The molecule has 2 heterocycles. The molecule has 0 saturated carbocycles. The second kappa shape index (κ2) is 9.06. The van der Waals surface area contributed by atoms with Crippen LogP contribution in [0.15, 0.2) is 24.3 Å². The van der Waals surface area contributed by atoms with E-state index < -0.39 is 0 Å². The van der Waals surface area contributed by atoms with Gasteiger partial charge in [0.1, 0.15) is 5.75 Å². The van der Waals surface area contributed by atoms with E-state index in [0.29, 0.717) is 44.1 Å². The number of aromatic hydroxyl groups is 1. The molecule has 25 heavy (non-hydrogen) atoms. The van der Waals surface area contributed by atoms with Gasteiger partial charge in [0.25, 0.3) is 5.91 Å². The fourth-order valence-corrected chi connectivity index (χ4v) is 3.43. The molecule has 2 aliphatic rings. The Morgan fingerprint density at radius 2 is 1.88 bits per heavy atom. The van der Waals surface area contributed by atoms with Crippen LogP contribution in [-0.2, 0) is 4.79 Å². The Morgan fingerprint density at radius 3 is 2.52 bits per heavy atom. The lowest BCUT2D eigenvalue weighted by molar-refractivity contribution is -0.132. The fraction of sp³-hybridized carbons (Fsp3) is 0.556. The number of carbonyl (C=O) groups excluding carboxylic acids is 2. The number of phenolic OH excluding ortho intramolecular Hbond substituents is 1. The number of rotatable bonds is 4. The van der Waals surface area contributed by atoms with Crippen LogP contribution in [0.5, 0.6) is 5.75 Å². The molecule has 2 fully saturated rings. The van der Waals surface area contributed by atoms with Gasteiger partial charge >= 0.3 is 0 Å². The van der Waals surface area contributed by atoms with Crippen molar-refractivity contribution in [2.24, 2.45) is 5.92 Å². The number of carbonyl (C=O) groups is 2. The van der Waals surface area contributed by atoms with Gasteiger partial charge in [-0.2, -0.15) is 0 Å². The van der Waals surface area contributed by atoms with E-state index in [1.807, 2.05) is 4.90 Å². The van der Waals surface area contributed by atoms with Crippen LogP contribution in [0.4, 0.5) is 0 Å². The highest BCUT2D eigenvalue weighted by atomic mass is 35.5. The van der Waals surface area contributed by atoms with Crippen molar-refractivity contribution in [1.29, 1.82) is 0 Å². The van der Waals surface area contributed by atoms with E-state index in [1.54, 1.807) is 23.1 Å². The third-order valence-electron chi connectivity index (χ3n) is 4.94. The summed E-state index contributed by atoms with van der Waals surface area (Å²) in [5.74, 6) is 0.833. The number of nitrogens with one attached hydrogen (secondary N) is 1. The van der Waals surface area contributed by atoms with Crippen LogP contribution in [0.1, 0.15) is 29.6 Å². The van der Waals surface area contributed by atoms with Crippen molar-refractivity contribution in [2.75, 3.05) is 39.3 Å². The maximum Gasteiger partial charge on any atom is 0.254 e. The first-order chi connectivity index (χ1) is 11.6. The second-order valence-corrected chi connectivity index (χ2v) is 6.62. The zero-order valence-corrected chi connectivity index (χ0v) is 15.1. The highest BCUT2D eigenvalue weighted by molar-refractivity contribution is 5.94. The third kappa shape index (κ3) is 5.09. The largest absolute Gasteiger partial charge is 0.508 e. The molecule has 1 aromatic carbocycles. The van der Waals surface area contributed by atoms with Gasteiger partial charge in [0.15, 0.2) is 0 Å². The van der Waals surface area contributed by atoms with Crippen LogP contribution in [0.2, 0.25) is 0 Å². The van der Waals surface area contributed by atoms with Gasteiger partial charge in [0, 0.05) is 38.2 Å². The topological polar surface area (TPSA) is 72.9 Å². The van der Waals surface area contributed by atoms with Gasteiger partial charge in [-0.3, -0.25) is 9.59 Å². The summed E-state index contributed by atoms with van der Waals surface area (Å²) in [6, 6.07) is 6.40. The minimum Gasteiger partial charge on any atom is -0.508 e. The second-order valence-electron chi connectivity index (χ2n) is 6.62. The van der Waals surface area contributed by atoms with E-state index in [-0.39, 0.29) is 30.0 Å². The van der Waals surface area contributed by atoms with Gasteiger partial charge in [-0.05, 0) is 50.0 Å². The zero-order chi connectivity index (χ0) is 16.9. The lowest BCUT2D eigenvalue weighted by Crippen LogP contribution is -2.50. The predicted molar refractivity (Wildman–Crippen MR) is 98.0 cm³/mol. The number of benzene rings is 1. The third-order valence-corrected chi connectivity index (χ3v) is 4.94. The van der Waals surface area contributed by atoms with Gasteiger partial charge in [0.2, 0.25) is 5.91 Å². The van der Waals surface area contributed by atoms with E-state index in [0.717, 1.165) is 19.5 Å². The molecule has 1 aromatic rings. The Labute approximate surface area is 154 Å². The van der Waals surface area contributed by atoms with Gasteiger partial charge in [-0.1, -0.05) is 6.07 Å². The molecule has 2 amide bonds. The number of amides is 2. The van der Waals surface area contributed by atoms with Crippen LogP contribution in [-0.4, -0.2) is 66.0 Å². The van der Waals surface area contributed by atoms with Crippen molar-refractivity contribution in [1.82, 2.24) is 15.1 Å². The summed E-state index contributed by atoms with van der Waals surface area (Å²) in [7, 11) is 0. The average Bonchev–Trinajstić information content (AvgIpc) is 3.13. The van der Waals surface area contributed by atoms with Crippen molar-refractivity contribution in [3.8, 4) is 5.75 Å². The molecule has 7 heteroatoms. The number of hydrogen-bond donors (Lipinski definition) is 2. The Morgan fingerprint density at radius 1 is 1.16 bits per heavy atom. The highest BCUT2D eigenvalue weighted by Gasteiger charge is 2.25. The molecule has 2 saturated heterocycles. The summed E-state index contributed by atoms with van der Waals surface area (Å²) < 4.78 is 0. The summed E-state index contributed by atoms with van der Waals surface area (Å²) in [5.41, 5.74) is 0.489. The molecule has 0 aliphatic carbocycles. The van der Waals surface area contributed by atoms with E-state index in [9.17, 15) is 14.7 Å². The summed E-state index contributed by atoms with van der Waals surface area (Å²) in [6.45, 7) is 4.36. The summed E-state index contributed by atoms with van der Waals surface area (Å²) in [4.78, 5) is 28.4. The smallest absolute Gasteiger partial charge is 0.254 e. The summed E-state index contributed by atoms with van der Waals surface area (Å²) >= 11 is 0. The van der Waals surface area contributed by atoms with E-state index >= 15 is 0 Å². The number of nitrogens with zero attached hydrogens (tertiary/aromatic N) is 2. The normalized spacial score (nSPS) is 20.2. The maximum atomic E-state index is 12.4. The zero-order valence-electron chi connectivity index (χ0n) is 14.3. The van der Waals surface area contributed by atoms with Gasteiger partial charge in [0.05, 0.1) is 0 Å². The van der Waals surface area contributed by atoms with Crippen LogP contribution in [0.3, 0.4) is 0 Å². The lowest BCUT2D eigenvalue weighted by atomic mass is 10.0. The average molecular weight is 368 g/mol. The van der Waals surface area contributed by atoms with Crippen LogP contribution in [0.25, 0.3) is 0 Å². The quantitative estimate of drug-likeness (QED) is 0.845. The molecule has 138 valence electrons. The standard InChI is InChI=1S/C18H25N3O3.ClH/c22-16-3-1-2-15(12-16)18(24)21-10-8-20(9-11-21)17(23)5-4-14-6-7-19-13-14;/h1-3,12,14,19,22H,4-11,13H2;1H. The van der Waals surface area contributed by atoms with Crippen molar-refractivity contribution in [3.05, 3.63) is 29.8 Å². The van der Waals surface area contributed by atoms with Crippen molar-refractivity contribution < 1.29 is 14.7 Å². The monoisotopic (exact) mass is 367 g/mol. The van der Waals surface area contributed by atoms with E-state index in [2.05, 4.69) is 5.32 Å². The molecule has 1 atom stereocenters. The molecule has 0 spiro atoms. The SMILES string of the molecule is Cl.O=C(CCC1CCNC1)N1CCN(C(=O)c2cccc(O)c2)CC1. The minimum absolute atomic E-state index is 0. The molecule has 0 aromatic heterocycles. The molecular formula is C18H26ClN3O3. The molecule has 2 aliphatic heterocycles. The maximum absolute atomic E-state index is 12.4. The van der Waals surface area contributed by atoms with Crippen molar-refractivity contribution in [2.45, 2.75) is 19.3 Å².